The van der Waals surface area contributed by atoms with Crippen molar-refractivity contribution in [2.24, 2.45) is 0 Å². The number of hydrogen-bond acceptors (Lipinski definition) is 3. The first-order valence-corrected chi connectivity index (χ1v) is 6.35. The van der Waals surface area contributed by atoms with Crippen LogP contribution in [0.4, 0.5) is 0 Å². The summed E-state index contributed by atoms with van der Waals surface area (Å²) >= 11 is 0. The van der Waals surface area contributed by atoms with Crippen molar-refractivity contribution < 1.29 is 9.21 Å². The summed E-state index contributed by atoms with van der Waals surface area (Å²) in [6.45, 7) is 5.23. The lowest BCUT2D eigenvalue weighted by molar-refractivity contribution is 0.0936. The SMILES string of the molecule is CC[C@@H](CNC(=O)c1ccoc1)N1CCCC1. The molecule has 1 amide bonds. The van der Waals surface area contributed by atoms with Crippen LogP contribution in [0.15, 0.2) is 23.0 Å². The molecule has 1 aromatic heterocycles. The number of amides is 1. The number of likely N-dealkylation sites (tertiary alicyclic amines) is 1. The van der Waals surface area contributed by atoms with E-state index in [1.54, 1.807) is 6.07 Å². The topological polar surface area (TPSA) is 45.5 Å². The van der Waals surface area contributed by atoms with Gasteiger partial charge in [-0.1, -0.05) is 6.92 Å². The second kappa shape index (κ2) is 5.87. The highest BCUT2D eigenvalue weighted by Crippen LogP contribution is 2.13. The molecule has 0 aromatic carbocycles. The summed E-state index contributed by atoms with van der Waals surface area (Å²) in [7, 11) is 0. The van der Waals surface area contributed by atoms with Crippen LogP contribution in [-0.4, -0.2) is 36.5 Å². The van der Waals surface area contributed by atoms with Gasteiger partial charge in [0.15, 0.2) is 0 Å². The minimum absolute atomic E-state index is 0.0450. The van der Waals surface area contributed by atoms with Crippen molar-refractivity contribution in [3.05, 3.63) is 24.2 Å². The zero-order valence-electron chi connectivity index (χ0n) is 10.3. The number of hydrogen-bond donors (Lipinski definition) is 1. The number of carbonyl (C=O) groups excluding carboxylic acids is 1. The third kappa shape index (κ3) is 3.09. The van der Waals surface area contributed by atoms with E-state index < -0.39 is 0 Å². The molecule has 1 atom stereocenters. The van der Waals surface area contributed by atoms with E-state index in [2.05, 4.69) is 17.1 Å². The highest BCUT2D eigenvalue weighted by atomic mass is 16.3. The van der Waals surface area contributed by atoms with Crippen molar-refractivity contribution in [1.82, 2.24) is 10.2 Å². The lowest BCUT2D eigenvalue weighted by Gasteiger charge is -2.26. The Morgan fingerprint density at radius 1 is 1.53 bits per heavy atom. The van der Waals surface area contributed by atoms with E-state index >= 15 is 0 Å². The van der Waals surface area contributed by atoms with Gasteiger partial charge in [0.05, 0.1) is 11.8 Å². The van der Waals surface area contributed by atoms with Gasteiger partial charge in [0.25, 0.3) is 5.91 Å². The molecule has 1 aliphatic heterocycles. The molecular formula is C13H20N2O2. The molecule has 2 rings (SSSR count). The van der Waals surface area contributed by atoms with Gasteiger partial charge in [-0.2, -0.15) is 0 Å². The Labute approximate surface area is 102 Å². The molecule has 0 unspecified atom stereocenters. The van der Waals surface area contributed by atoms with Crippen molar-refractivity contribution in [2.45, 2.75) is 32.2 Å². The summed E-state index contributed by atoms with van der Waals surface area (Å²) in [5.74, 6) is -0.0450. The van der Waals surface area contributed by atoms with E-state index in [-0.39, 0.29) is 5.91 Å². The lowest BCUT2D eigenvalue weighted by atomic mass is 10.2. The maximum Gasteiger partial charge on any atom is 0.254 e. The van der Waals surface area contributed by atoms with Gasteiger partial charge in [0, 0.05) is 12.6 Å². The maximum atomic E-state index is 11.8. The molecule has 1 saturated heterocycles. The predicted octanol–water partition coefficient (Wildman–Crippen LogP) is 1.88. The minimum Gasteiger partial charge on any atom is -0.472 e. The molecule has 17 heavy (non-hydrogen) atoms. The Kier molecular flexibility index (Phi) is 4.20. The molecule has 0 spiro atoms. The summed E-state index contributed by atoms with van der Waals surface area (Å²) in [4.78, 5) is 14.2. The molecule has 2 heterocycles. The Hall–Kier alpha value is -1.29. The van der Waals surface area contributed by atoms with Crippen molar-refractivity contribution in [3.63, 3.8) is 0 Å². The van der Waals surface area contributed by atoms with E-state index in [9.17, 15) is 4.79 Å². The summed E-state index contributed by atoms with van der Waals surface area (Å²) in [6.07, 6.45) is 6.64. The fourth-order valence-corrected chi connectivity index (χ4v) is 2.34. The van der Waals surface area contributed by atoms with Gasteiger partial charge in [-0.25, -0.2) is 0 Å². The van der Waals surface area contributed by atoms with Gasteiger partial charge in [0.1, 0.15) is 6.26 Å². The van der Waals surface area contributed by atoms with Crippen LogP contribution < -0.4 is 5.32 Å². The molecule has 1 aromatic rings. The second-order valence-corrected chi connectivity index (χ2v) is 4.53. The van der Waals surface area contributed by atoms with E-state index in [0.29, 0.717) is 11.6 Å². The van der Waals surface area contributed by atoms with E-state index in [1.807, 2.05) is 0 Å². The molecule has 4 heteroatoms. The van der Waals surface area contributed by atoms with Gasteiger partial charge < -0.3 is 9.73 Å². The second-order valence-electron chi connectivity index (χ2n) is 4.53. The molecular weight excluding hydrogens is 216 g/mol. The average molecular weight is 236 g/mol. The average Bonchev–Trinajstić information content (AvgIpc) is 3.02. The zero-order chi connectivity index (χ0) is 12.1. The Morgan fingerprint density at radius 3 is 2.88 bits per heavy atom. The third-order valence-electron chi connectivity index (χ3n) is 3.41. The largest absolute Gasteiger partial charge is 0.472 e. The lowest BCUT2D eigenvalue weighted by Crippen LogP contribution is -2.42. The Morgan fingerprint density at radius 2 is 2.29 bits per heavy atom. The van der Waals surface area contributed by atoms with Crippen LogP contribution in [0.1, 0.15) is 36.5 Å². The summed E-state index contributed by atoms with van der Waals surface area (Å²) in [5.41, 5.74) is 0.598. The van der Waals surface area contributed by atoms with Gasteiger partial charge in [-0.05, 0) is 38.4 Å². The minimum atomic E-state index is -0.0450. The zero-order valence-corrected chi connectivity index (χ0v) is 10.3. The molecule has 0 bridgehead atoms. The summed E-state index contributed by atoms with van der Waals surface area (Å²) < 4.78 is 4.90. The van der Waals surface area contributed by atoms with Crippen molar-refractivity contribution in [3.8, 4) is 0 Å². The summed E-state index contributed by atoms with van der Waals surface area (Å²) in [5, 5.41) is 2.97. The molecule has 1 fully saturated rings. The fraction of sp³-hybridized carbons (Fsp3) is 0.615. The van der Waals surface area contributed by atoms with E-state index in [0.717, 1.165) is 13.0 Å². The van der Waals surface area contributed by atoms with Crippen LogP contribution in [0.5, 0.6) is 0 Å². The molecule has 0 saturated carbocycles. The number of nitrogens with one attached hydrogen (secondary N) is 1. The monoisotopic (exact) mass is 236 g/mol. The number of furan rings is 1. The first kappa shape index (κ1) is 12.2. The van der Waals surface area contributed by atoms with Crippen LogP contribution in [0.25, 0.3) is 0 Å². The quantitative estimate of drug-likeness (QED) is 0.849. The number of nitrogens with zero attached hydrogens (tertiary/aromatic N) is 1. The third-order valence-corrected chi connectivity index (χ3v) is 3.41. The van der Waals surface area contributed by atoms with Gasteiger partial charge in [-0.3, -0.25) is 9.69 Å². The van der Waals surface area contributed by atoms with Gasteiger partial charge in [0.2, 0.25) is 0 Å². The standard InChI is InChI=1S/C13H20N2O2/c1-2-12(15-6-3-4-7-15)9-14-13(16)11-5-8-17-10-11/h5,8,10,12H,2-4,6-7,9H2,1H3,(H,14,16)/t12-/m0/s1. The first-order valence-electron chi connectivity index (χ1n) is 6.35. The predicted molar refractivity (Wildman–Crippen MR) is 65.9 cm³/mol. The molecule has 0 radical (unpaired) electrons. The van der Waals surface area contributed by atoms with Crippen LogP contribution in [0, 0.1) is 0 Å². The Bertz CT molecular complexity index is 342. The number of carbonyl (C=O) groups is 1. The van der Waals surface area contributed by atoms with E-state index in [4.69, 9.17) is 4.42 Å². The normalized spacial score (nSPS) is 18.2. The Balaban J connectivity index is 1.81. The highest BCUT2D eigenvalue weighted by molar-refractivity contribution is 5.93. The molecule has 94 valence electrons. The van der Waals surface area contributed by atoms with Crippen LogP contribution >= 0.6 is 0 Å². The van der Waals surface area contributed by atoms with Crippen molar-refractivity contribution in [2.75, 3.05) is 19.6 Å². The maximum absolute atomic E-state index is 11.8. The van der Waals surface area contributed by atoms with Crippen LogP contribution in [0.2, 0.25) is 0 Å². The molecule has 1 aliphatic rings. The van der Waals surface area contributed by atoms with Crippen molar-refractivity contribution in [1.29, 1.82) is 0 Å². The molecule has 0 aliphatic carbocycles. The van der Waals surface area contributed by atoms with Crippen LogP contribution in [-0.2, 0) is 0 Å². The summed E-state index contributed by atoms with van der Waals surface area (Å²) in [6, 6.07) is 2.15. The van der Waals surface area contributed by atoms with Crippen molar-refractivity contribution >= 4 is 5.91 Å². The highest BCUT2D eigenvalue weighted by Gasteiger charge is 2.20. The van der Waals surface area contributed by atoms with E-state index in [1.165, 1.54) is 38.5 Å². The van der Waals surface area contributed by atoms with Gasteiger partial charge >= 0.3 is 0 Å². The van der Waals surface area contributed by atoms with Crippen LogP contribution in [0.3, 0.4) is 0 Å². The molecule has 1 N–H and O–H groups in total. The number of rotatable bonds is 5. The smallest absolute Gasteiger partial charge is 0.254 e. The van der Waals surface area contributed by atoms with Gasteiger partial charge in [-0.15, -0.1) is 0 Å². The molecule has 4 nitrogen and oxygen atoms in total. The fourth-order valence-electron chi connectivity index (χ4n) is 2.34. The first-order chi connectivity index (χ1) is 8.31.